The average Bonchev–Trinajstić information content (AvgIpc) is 2.85. The Morgan fingerprint density at radius 1 is 0.870 bits per heavy atom. The fourth-order valence-corrected chi connectivity index (χ4v) is 2.73. The first kappa shape index (κ1) is 14.7. The van der Waals surface area contributed by atoms with Crippen molar-refractivity contribution in [3.8, 4) is 0 Å². The summed E-state index contributed by atoms with van der Waals surface area (Å²) in [5, 5.41) is 0. The summed E-state index contributed by atoms with van der Waals surface area (Å²) in [5.41, 5.74) is 2.02. The van der Waals surface area contributed by atoms with Crippen LogP contribution in [0.5, 0.6) is 0 Å². The third-order valence-corrected chi connectivity index (χ3v) is 3.80. The van der Waals surface area contributed by atoms with Gasteiger partial charge in [0.05, 0.1) is 5.57 Å². The maximum absolute atomic E-state index is 12.7. The van der Waals surface area contributed by atoms with Crippen molar-refractivity contribution < 1.29 is 14.3 Å². The zero-order valence-corrected chi connectivity index (χ0v) is 12.5. The molecule has 112 valence electrons. The van der Waals surface area contributed by atoms with Crippen molar-refractivity contribution in [3.05, 3.63) is 108 Å². The van der Waals surface area contributed by atoms with Crippen LogP contribution in [0.3, 0.4) is 0 Å². The molecule has 0 saturated heterocycles. The zero-order chi connectivity index (χ0) is 16.6. The van der Waals surface area contributed by atoms with Crippen molar-refractivity contribution in [3.63, 3.8) is 0 Å². The molecule has 0 amide bonds. The minimum atomic E-state index is -0.287. The van der Waals surface area contributed by atoms with Crippen LogP contribution in [0.15, 0.2) is 96.5 Å². The molecule has 0 bridgehead atoms. The lowest BCUT2D eigenvalue weighted by Crippen LogP contribution is -2.10. The van der Waals surface area contributed by atoms with E-state index in [0.717, 1.165) is 0 Å². The van der Waals surface area contributed by atoms with Crippen LogP contribution in [0.2, 0.25) is 0 Å². The number of hydrogen-bond donors (Lipinski definition) is 0. The molecule has 2 aliphatic rings. The van der Waals surface area contributed by atoms with Crippen molar-refractivity contribution in [1.29, 1.82) is 0 Å². The van der Waals surface area contributed by atoms with Crippen LogP contribution in [0.25, 0.3) is 0 Å². The highest BCUT2D eigenvalue weighted by Gasteiger charge is 2.36. The van der Waals surface area contributed by atoms with Gasteiger partial charge in [0.1, 0.15) is 11.5 Å². The van der Waals surface area contributed by atoms with Crippen LogP contribution in [0.1, 0.15) is 20.7 Å². The zero-order valence-electron chi connectivity index (χ0n) is 12.5. The Labute approximate surface area is 134 Å². The Hall–Kier alpha value is -3.20. The van der Waals surface area contributed by atoms with Gasteiger partial charge in [0.25, 0.3) is 0 Å². The summed E-state index contributed by atoms with van der Waals surface area (Å²) in [7, 11) is 0. The van der Waals surface area contributed by atoms with Crippen LogP contribution < -0.4 is 0 Å². The topological polar surface area (TPSA) is 43.4 Å². The van der Waals surface area contributed by atoms with Crippen molar-refractivity contribution in [2.45, 2.75) is 0 Å². The molecule has 23 heavy (non-hydrogen) atoms. The van der Waals surface area contributed by atoms with Gasteiger partial charge in [-0.15, -0.1) is 0 Å². The summed E-state index contributed by atoms with van der Waals surface area (Å²) in [4.78, 5) is 25.4. The number of Topliss-reactive ketones (excluding diaryl/α,β-unsaturated/α-hetero) is 2. The van der Waals surface area contributed by atoms with E-state index >= 15 is 0 Å². The molecule has 0 aromatic heterocycles. The van der Waals surface area contributed by atoms with Gasteiger partial charge >= 0.3 is 0 Å². The van der Waals surface area contributed by atoms with Gasteiger partial charge in [-0.1, -0.05) is 50.1 Å². The van der Waals surface area contributed by atoms with E-state index in [1.807, 2.05) is 0 Å². The Morgan fingerprint density at radius 3 is 1.96 bits per heavy atom. The number of carbonyl (C=O) groups is 2. The van der Waals surface area contributed by atoms with Crippen LogP contribution in [0.4, 0.5) is 0 Å². The second-order valence-corrected chi connectivity index (χ2v) is 5.03. The van der Waals surface area contributed by atoms with E-state index in [1.165, 1.54) is 12.2 Å². The molecule has 3 heteroatoms. The fourth-order valence-electron chi connectivity index (χ4n) is 2.73. The van der Waals surface area contributed by atoms with Crippen LogP contribution in [-0.4, -0.2) is 11.6 Å². The molecule has 3 nitrogen and oxygen atoms in total. The minimum absolute atomic E-state index is 0.128. The summed E-state index contributed by atoms with van der Waals surface area (Å²) < 4.78 is 5.60. The number of hydrogen-bond acceptors (Lipinski definition) is 3. The number of carbonyl (C=O) groups excluding carboxylic acids is 2. The van der Waals surface area contributed by atoms with Crippen LogP contribution in [-0.2, 0) is 4.74 Å². The van der Waals surface area contributed by atoms with E-state index in [-0.39, 0.29) is 17.1 Å². The Morgan fingerprint density at radius 2 is 1.48 bits per heavy atom. The molecule has 1 aromatic carbocycles. The first-order chi connectivity index (χ1) is 11.1. The van der Waals surface area contributed by atoms with Crippen LogP contribution in [0, 0.1) is 0 Å². The van der Waals surface area contributed by atoms with Crippen LogP contribution >= 0.6 is 0 Å². The van der Waals surface area contributed by atoms with Gasteiger partial charge in [0.2, 0.25) is 0 Å². The van der Waals surface area contributed by atoms with Gasteiger partial charge < -0.3 is 4.74 Å². The minimum Gasteiger partial charge on any atom is -0.457 e. The molecule has 0 spiro atoms. The number of allylic oxidation sites excluding steroid dienone is 7. The first-order valence-corrected chi connectivity index (χ1v) is 7.06. The fraction of sp³-hybridized carbons (Fsp3) is 0. The van der Waals surface area contributed by atoms with Gasteiger partial charge in [-0.2, -0.15) is 0 Å². The number of ether oxygens (including phenoxy) is 1. The first-order valence-electron chi connectivity index (χ1n) is 7.06. The summed E-state index contributed by atoms with van der Waals surface area (Å²) in [6.45, 7) is 11.1. The number of rotatable bonds is 3. The summed E-state index contributed by atoms with van der Waals surface area (Å²) in [5.74, 6) is 0.316. The van der Waals surface area contributed by atoms with Crippen molar-refractivity contribution >= 4 is 11.6 Å². The van der Waals surface area contributed by atoms with E-state index in [0.29, 0.717) is 33.8 Å². The predicted octanol–water partition coefficient (Wildman–Crippen LogP) is 4.09. The second kappa shape index (κ2) is 5.54. The molecule has 1 aromatic rings. The molecule has 1 aliphatic heterocycles. The highest BCUT2D eigenvalue weighted by Crippen LogP contribution is 2.36. The molecule has 0 unspecified atom stereocenters. The van der Waals surface area contributed by atoms with Crippen molar-refractivity contribution in [2.75, 3.05) is 0 Å². The number of benzene rings is 1. The highest BCUT2D eigenvalue weighted by molar-refractivity contribution is 6.40. The third kappa shape index (κ3) is 2.14. The third-order valence-electron chi connectivity index (χ3n) is 3.80. The Balaban J connectivity index is 2.32. The van der Waals surface area contributed by atoms with E-state index in [1.54, 1.807) is 36.4 Å². The summed E-state index contributed by atoms with van der Waals surface area (Å²) >= 11 is 0. The molecule has 1 heterocycles. The Bertz CT molecular complexity index is 839. The lowest BCUT2D eigenvalue weighted by molar-refractivity contribution is 0.0987. The second-order valence-electron chi connectivity index (χ2n) is 5.03. The molecule has 0 atom stereocenters. The molecular weight excluding hydrogens is 288 g/mol. The van der Waals surface area contributed by atoms with E-state index < -0.39 is 0 Å². The molecule has 0 radical (unpaired) electrons. The molecular formula is C20H14O3. The molecule has 3 rings (SSSR count). The maximum Gasteiger partial charge on any atom is 0.198 e. The lowest BCUT2D eigenvalue weighted by atomic mass is 9.93. The van der Waals surface area contributed by atoms with Gasteiger partial charge in [-0.05, 0) is 18.2 Å². The van der Waals surface area contributed by atoms with E-state index in [9.17, 15) is 9.59 Å². The highest BCUT2D eigenvalue weighted by atomic mass is 16.5. The summed E-state index contributed by atoms with van der Waals surface area (Å²) in [6, 6.07) is 6.80. The average molecular weight is 302 g/mol. The predicted molar refractivity (Wildman–Crippen MR) is 88.9 cm³/mol. The largest absolute Gasteiger partial charge is 0.457 e. The lowest BCUT2D eigenvalue weighted by Gasteiger charge is -2.19. The van der Waals surface area contributed by atoms with Gasteiger partial charge in [-0.25, -0.2) is 0 Å². The normalized spacial score (nSPS) is 16.8. The standard InChI is InChI=1S/C20H14O3/c1-4-12-11-16(13(5-2)17(6-3)23-12)18-19(21)14-9-7-8-10-15(14)20(18)22/h4-11H,1-3H2. The SMILES string of the molecule is C=CC1=CC(=C2C(=O)c3ccccc3C2=O)C(C=C)=C(C=C)O1. The summed E-state index contributed by atoms with van der Waals surface area (Å²) in [6.07, 6.45) is 6.22. The van der Waals surface area contributed by atoms with Gasteiger partial charge in [0.15, 0.2) is 11.6 Å². The number of fused-ring (bicyclic) bond motifs is 1. The number of ketones is 2. The maximum atomic E-state index is 12.7. The van der Waals surface area contributed by atoms with Crippen molar-refractivity contribution in [1.82, 2.24) is 0 Å². The smallest absolute Gasteiger partial charge is 0.198 e. The van der Waals surface area contributed by atoms with E-state index in [2.05, 4.69) is 19.7 Å². The Kier molecular flexibility index (Phi) is 3.54. The van der Waals surface area contributed by atoms with Gasteiger partial charge in [0, 0.05) is 22.3 Å². The molecule has 0 saturated carbocycles. The molecule has 1 aliphatic carbocycles. The monoisotopic (exact) mass is 302 g/mol. The van der Waals surface area contributed by atoms with Crippen molar-refractivity contribution in [2.24, 2.45) is 0 Å². The van der Waals surface area contributed by atoms with E-state index in [4.69, 9.17) is 4.74 Å². The molecule has 0 N–H and O–H groups in total. The quantitative estimate of drug-likeness (QED) is 0.624. The molecule has 0 fully saturated rings. The van der Waals surface area contributed by atoms with Gasteiger partial charge in [-0.3, -0.25) is 9.59 Å².